The van der Waals surface area contributed by atoms with Crippen LogP contribution in [-0.2, 0) is 13.1 Å². The predicted octanol–water partition coefficient (Wildman–Crippen LogP) is 5.18. The standard InChI is InChI=1S/C14H11BrCl2FN/c15-11-1-2-14(18)10(5-11)8-19-7-9-3-12(16)6-13(17)4-9/h1-6,19H,7-8H2. The molecular weight excluding hydrogens is 352 g/mol. The van der Waals surface area contributed by atoms with E-state index in [-0.39, 0.29) is 5.82 Å². The van der Waals surface area contributed by atoms with E-state index in [4.69, 9.17) is 23.2 Å². The Hall–Kier alpha value is -0.610. The molecule has 0 fully saturated rings. The SMILES string of the molecule is Fc1ccc(Br)cc1CNCc1cc(Cl)cc(Cl)c1. The van der Waals surface area contributed by atoms with Gasteiger partial charge in [0.1, 0.15) is 5.82 Å². The first-order valence-corrected chi connectivity index (χ1v) is 7.19. The molecule has 0 saturated heterocycles. The highest BCUT2D eigenvalue weighted by atomic mass is 79.9. The topological polar surface area (TPSA) is 12.0 Å². The van der Waals surface area contributed by atoms with Gasteiger partial charge in [0, 0.05) is 33.2 Å². The van der Waals surface area contributed by atoms with Gasteiger partial charge in [-0.15, -0.1) is 0 Å². The molecule has 0 saturated carbocycles. The third-order valence-electron chi connectivity index (χ3n) is 2.57. The van der Waals surface area contributed by atoms with Gasteiger partial charge in [-0.1, -0.05) is 39.1 Å². The Morgan fingerprint density at radius 1 is 1.00 bits per heavy atom. The summed E-state index contributed by atoms with van der Waals surface area (Å²) in [5.74, 6) is -0.222. The third-order valence-corrected chi connectivity index (χ3v) is 3.50. The first-order valence-electron chi connectivity index (χ1n) is 5.64. The summed E-state index contributed by atoms with van der Waals surface area (Å²) < 4.78 is 14.4. The number of benzene rings is 2. The maximum absolute atomic E-state index is 13.5. The molecule has 0 atom stereocenters. The molecule has 19 heavy (non-hydrogen) atoms. The lowest BCUT2D eigenvalue weighted by Gasteiger charge is -2.07. The molecule has 0 heterocycles. The minimum absolute atomic E-state index is 0.222. The van der Waals surface area contributed by atoms with E-state index in [1.165, 1.54) is 6.07 Å². The molecule has 0 aliphatic heterocycles. The van der Waals surface area contributed by atoms with Gasteiger partial charge in [0.05, 0.1) is 0 Å². The predicted molar refractivity (Wildman–Crippen MR) is 81.1 cm³/mol. The van der Waals surface area contributed by atoms with Crippen molar-refractivity contribution in [3.05, 3.63) is 67.9 Å². The van der Waals surface area contributed by atoms with Crippen LogP contribution in [0.3, 0.4) is 0 Å². The maximum atomic E-state index is 13.5. The summed E-state index contributed by atoms with van der Waals surface area (Å²) in [6.45, 7) is 1.02. The number of hydrogen-bond acceptors (Lipinski definition) is 1. The summed E-state index contributed by atoms with van der Waals surface area (Å²) in [5.41, 5.74) is 1.58. The molecule has 1 nitrogen and oxygen atoms in total. The summed E-state index contributed by atoms with van der Waals surface area (Å²) in [6, 6.07) is 10.2. The van der Waals surface area contributed by atoms with Gasteiger partial charge in [0.25, 0.3) is 0 Å². The molecule has 0 radical (unpaired) electrons. The summed E-state index contributed by atoms with van der Waals surface area (Å²) in [5, 5.41) is 4.35. The second-order valence-corrected chi connectivity index (χ2v) is 5.91. The molecule has 2 rings (SSSR count). The summed E-state index contributed by atoms with van der Waals surface area (Å²) in [7, 11) is 0. The van der Waals surface area contributed by atoms with E-state index in [9.17, 15) is 4.39 Å². The molecule has 0 bridgehead atoms. The van der Waals surface area contributed by atoms with E-state index in [1.807, 2.05) is 12.1 Å². The van der Waals surface area contributed by atoms with Crippen LogP contribution in [-0.4, -0.2) is 0 Å². The van der Waals surface area contributed by atoms with Crippen molar-refractivity contribution in [3.8, 4) is 0 Å². The van der Waals surface area contributed by atoms with Crippen LogP contribution in [0.4, 0.5) is 4.39 Å². The zero-order chi connectivity index (χ0) is 13.8. The minimum Gasteiger partial charge on any atom is -0.309 e. The van der Waals surface area contributed by atoms with Crippen LogP contribution in [0.15, 0.2) is 40.9 Å². The van der Waals surface area contributed by atoms with Crippen LogP contribution < -0.4 is 5.32 Å². The van der Waals surface area contributed by atoms with Crippen LogP contribution in [0.5, 0.6) is 0 Å². The third kappa shape index (κ3) is 4.46. The lowest BCUT2D eigenvalue weighted by molar-refractivity contribution is 0.587. The molecule has 0 amide bonds. The van der Waals surface area contributed by atoms with Crippen molar-refractivity contribution >= 4 is 39.1 Å². The quantitative estimate of drug-likeness (QED) is 0.789. The summed E-state index contributed by atoms with van der Waals surface area (Å²) in [4.78, 5) is 0. The molecule has 100 valence electrons. The van der Waals surface area contributed by atoms with Crippen LogP contribution in [0, 0.1) is 5.82 Å². The molecule has 2 aromatic carbocycles. The molecule has 0 aliphatic rings. The molecule has 0 aromatic heterocycles. The highest BCUT2D eigenvalue weighted by Crippen LogP contribution is 2.19. The molecule has 0 unspecified atom stereocenters. The largest absolute Gasteiger partial charge is 0.309 e. The van der Waals surface area contributed by atoms with Crippen molar-refractivity contribution in [2.45, 2.75) is 13.1 Å². The Kier molecular flexibility index (Phi) is 5.22. The van der Waals surface area contributed by atoms with Gasteiger partial charge in [-0.25, -0.2) is 4.39 Å². The molecule has 0 spiro atoms. The number of hydrogen-bond donors (Lipinski definition) is 1. The van der Waals surface area contributed by atoms with Crippen molar-refractivity contribution in [1.82, 2.24) is 5.32 Å². The van der Waals surface area contributed by atoms with Gasteiger partial charge in [-0.2, -0.15) is 0 Å². The van der Waals surface area contributed by atoms with Gasteiger partial charge in [-0.3, -0.25) is 0 Å². The highest BCUT2D eigenvalue weighted by Gasteiger charge is 2.03. The highest BCUT2D eigenvalue weighted by molar-refractivity contribution is 9.10. The van der Waals surface area contributed by atoms with Crippen LogP contribution in [0.25, 0.3) is 0 Å². The fourth-order valence-electron chi connectivity index (χ4n) is 1.73. The van der Waals surface area contributed by atoms with E-state index < -0.39 is 0 Å². The molecule has 1 N–H and O–H groups in total. The summed E-state index contributed by atoms with van der Waals surface area (Å²) >= 11 is 15.2. The summed E-state index contributed by atoms with van der Waals surface area (Å²) in [6.07, 6.45) is 0. The number of rotatable bonds is 4. The van der Waals surface area contributed by atoms with Crippen molar-refractivity contribution < 1.29 is 4.39 Å². The van der Waals surface area contributed by atoms with Crippen LogP contribution in [0.2, 0.25) is 10.0 Å². The molecule has 5 heteroatoms. The van der Waals surface area contributed by atoms with Crippen molar-refractivity contribution in [3.63, 3.8) is 0 Å². The Labute approximate surface area is 129 Å². The van der Waals surface area contributed by atoms with Crippen molar-refractivity contribution in [2.75, 3.05) is 0 Å². The average Bonchev–Trinajstić information content (AvgIpc) is 2.32. The van der Waals surface area contributed by atoms with E-state index in [1.54, 1.807) is 18.2 Å². The zero-order valence-corrected chi connectivity index (χ0v) is 13.0. The lowest BCUT2D eigenvalue weighted by Crippen LogP contribution is -2.13. The smallest absolute Gasteiger partial charge is 0.127 e. The number of halogens is 4. The fraction of sp³-hybridized carbons (Fsp3) is 0.143. The normalized spacial score (nSPS) is 10.7. The lowest BCUT2D eigenvalue weighted by atomic mass is 10.2. The molecular formula is C14H11BrCl2FN. The zero-order valence-electron chi connectivity index (χ0n) is 9.89. The van der Waals surface area contributed by atoms with E-state index in [2.05, 4.69) is 21.2 Å². The second kappa shape index (κ2) is 6.71. The van der Waals surface area contributed by atoms with Crippen molar-refractivity contribution in [2.24, 2.45) is 0 Å². The second-order valence-electron chi connectivity index (χ2n) is 4.12. The van der Waals surface area contributed by atoms with Crippen LogP contribution in [0.1, 0.15) is 11.1 Å². The van der Waals surface area contributed by atoms with Gasteiger partial charge in [0.2, 0.25) is 0 Å². The number of nitrogens with one attached hydrogen (secondary N) is 1. The van der Waals surface area contributed by atoms with E-state index in [0.717, 1.165) is 10.0 Å². The Balaban J connectivity index is 1.98. The molecule has 2 aromatic rings. The van der Waals surface area contributed by atoms with Gasteiger partial charge < -0.3 is 5.32 Å². The van der Waals surface area contributed by atoms with Gasteiger partial charge >= 0.3 is 0 Å². The first kappa shape index (κ1) is 14.8. The molecule has 0 aliphatic carbocycles. The maximum Gasteiger partial charge on any atom is 0.127 e. The van der Waals surface area contributed by atoms with Crippen molar-refractivity contribution in [1.29, 1.82) is 0 Å². The Bertz CT molecular complexity index is 569. The van der Waals surface area contributed by atoms with Crippen LogP contribution >= 0.6 is 39.1 Å². The average molecular weight is 363 g/mol. The van der Waals surface area contributed by atoms with E-state index in [0.29, 0.717) is 28.7 Å². The van der Waals surface area contributed by atoms with E-state index >= 15 is 0 Å². The Morgan fingerprint density at radius 2 is 1.68 bits per heavy atom. The van der Waals surface area contributed by atoms with Gasteiger partial charge in [-0.05, 0) is 42.0 Å². The Morgan fingerprint density at radius 3 is 2.37 bits per heavy atom. The minimum atomic E-state index is -0.222. The first-order chi connectivity index (χ1) is 9.04. The monoisotopic (exact) mass is 361 g/mol. The van der Waals surface area contributed by atoms with Gasteiger partial charge in [0.15, 0.2) is 0 Å². The fourth-order valence-corrected chi connectivity index (χ4v) is 2.71.